The van der Waals surface area contributed by atoms with E-state index in [1.807, 2.05) is 13.0 Å². The van der Waals surface area contributed by atoms with E-state index in [9.17, 15) is 4.39 Å². The Morgan fingerprint density at radius 2 is 2.10 bits per heavy atom. The van der Waals surface area contributed by atoms with Gasteiger partial charge in [0.1, 0.15) is 0 Å². The van der Waals surface area contributed by atoms with Gasteiger partial charge >= 0.3 is 0 Å². The number of ether oxygens (including phenoxy) is 2. The standard InChI is InChI=1S/C16H25FN2O2/c1-3-21-16(8-4-5-9-16)15(19-18)11-12-6-7-14(20-2)13(17)10-12/h6-7,10,15,19H,3-5,8-9,11,18H2,1-2H3. The van der Waals surface area contributed by atoms with Crippen LogP contribution in [-0.2, 0) is 11.2 Å². The molecule has 0 radical (unpaired) electrons. The van der Waals surface area contributed by atoms with Crippen molar-refractivity contribution in [2.45, 2.75) is 50.7 Å². The van der Waals surface area contributed by atoms with Gasteiger partial charge in [0.2, 0.25) is 0 Å². The Bertz CT molecular complexity index is 462. The van der Waals surface area contributed by atoms with Crippen LogP contribution >= 0.6 is 0 Å². The molecular formula is C16H25FN2O2. The average Bonchev–Trinajstić information content (AvgIpc) is 2.95. The molecule has 3 N–H and O–H groups in total. The van der Waals surface area contributed by atoms with Gasteiger partial charge in [-0.1, -0.05) is 18.9 Å². The molecule has 118 valence electrons. The zero-order valence-corrected chi connectivity index (χ0v) is 12.8. The first kappa shape index (κ1) is 16.2. The Morgan fingerprint density at radius 3 is 2.62 bits per heavy atom. The monoisotopic (exact) mass is 296 g/mol. The Balaban J connectivity index is 2.16. The van der Waals surface area contributed by atoms with Gasteiger partial charge < -0.3 is 9.47 Å². The van der Waals surface area contributed by atoms with E-state index in [1.165, 1.54) is 13.2 Å². The summed E-state index contributed by atoms with van der Waals surface area (Å²) >= 11 is 0. The fourth-order valence-corrected chi connectivity index (χ4v) is 3.32. The van der Waals surface area contributed by atoms with Crippen LogP contribution < -0.4 is 16.0 Å². The lowest BCUT2D eigenvalue weighted by atomic mass is 9.87. The van der Waals surface area contributed by atoms with Gasteiger partial charge in [0.05, 0.1) is 18.8 Å². The predicted molar refractivity (Wildman–Crippen MR) is 80.6 cm³/mol. The molecule has 1 aliphatic carbocycles. The number of benzene rings is 1. The van der Waals surface area contributed by atoms with E-state index in [-0.39, 0.29) is 23.2 Å². The molecule has 0 aliphatic heterocycles. The Morgan fingerprint density at radius 1 is 1.38 bits per heavy atom. The maximum atomic E-state index is 13.8. The number of halogens is 1. The smallest absolute Gasteiger partial charge is 0.165 e. The number of nitrogens with two attached hydrogens (primary N) is 1. The number of nitrogens with one attached hydrogen (secondary N) is 1. The average molecular weight is 296 g/mol. The number of hydrogen-bond donors (Lipinski definition) is 2. The minimum Gasteiger partial charge on any atom is -0.494 e. The van der Waals surface area contributed by atoms with Gasteiger partial charge in [0.25, 0.3) is 0 Å². The van der Waals surface area contributed by atoms with Crippen molar-refractivity contribution in [2.24, 2.45) is 5.84 Å². The van der Waals surface area contributed by atoms with Gasteiger partial charge in [-0.3, -0.25) is 11.3 Å². The second-order valence-corrected chi connectivity index (χ2v) is 5.60. The normalized spacial score (nSPS) is 18.7. The zero-order chi connectivity index (χ0) is 15.3. The molecule has 2 rings (SSSR count). The van der Waals surface area contributed by atoms with Crippen LogP contribution in [0, 0.1) is 5.82 Å². The van der Waals surface area contributed by atoms with Crippen molar-refractivity contribution in [3.63, 3.8) is 0 Å². The molecule has 1 fully saturated rings. The third-order valence-electron chi connectivity index (χ3n) is 4.37. The quantitative estimate of drug-likeness (QED) is 0.600. The van der Waals surface area contributed by atoms with Crippen LogP contribution in [-0.4, -0.2) is 25.4 Å². The first-order valence-corrected chi connectivity index (χ1v) is 7.57. The van der Waals surface area contributed by atoms with Crippen LogP contribution in [0.4, 0.5) is 4.39 Å². The summed E-state index contributed by atoms with van der Waals surface area (Å²) in [5.74, 6) is 5.68. The van der Waals surface area contributed by atoms with Crippen LogP contribution in [0.25, 0.3) is 0 Å². The lowest BCUT2D eigenvalue weighted by molar-refractivity contribution is -0.0613. The molecule has 1 aliphatic rings. The van der Waals surface area contributed by atoms with E-state index in [0.29, 0.717) is 13.0 Å². The minimum atomic E-state index is -0.345. The molecular weight excluding hydrogens is 271 g/mol. The highest BCUT2D eigenvalue weighted by Gasteiger charge is 2.41. The molecule has 0 bridgehead atoms. The second kappa shape index (κ2) is 7.20. The highest BCUT2D eigenvalue weighted by atomic mass is 19.1. The molecule has 0 spiro atoms. The van der Waals surface area contributed by atoms with Crippen LogP contribution in [0.3, 0.4) is 0 Å². The third-order valence-corrected chi connectivity index (χ3v) is 4.37. The maximum absolute atomic E-state index is 13.8. The summed E-state index contributed by atoms with van der Waals surface area (Å²) in [7, 11) is 1.46. The molecule has 0 heterocycles. The Hall–Kier alpha value is -1.17. The van der Waals surface area contributed by atoms with Crippen LogP contribution in [0.15, 0.2) is 18.2 Å². The largest absolute Gasteiger partial charge is 0.494 e. The molecule has 1 aromatic rings. The SMILES string of the molecule is CCOC1(C(Cc2ccc(OC)c(F)c2)NN)CCCC1. The molecule has 1 atom stereocenters. The van der Waals surface area contributed by atoms with Crippen molar-refractivity contribution >= 4 is 0 Å². The lowest BCUT2D eigenvalue weighted by Gasteiger charge is -2.37. The lowest BCUT2D eigenvalue weighted by Crippen LogP contribution is -2.54. The highest BCUT2D eigenvalue weighted by molar-refractivity contribution is 5.30. The van der Waals surface area contributed by atoms with E-state index in [0.717, 1.165) is 31.2 Å². The molecule has 21 heavy (non-hydrogen) atoms. The van der Waals surface area contributed by atoms with Crippen molar-refractivity contribution in [2.75, 3.05) is 13.7 Å². The van der Waals surface area contributed by atoms with Crippen LogP contribution in [0.5, 0.6) is 5.75 Å². The van der Waals surface area contributed by atoms with Gasteiger partial charge in [-0.2, -0.15) is 0 Å². The topological polar surface area (TPSA) is 56.5 Å². The molecule has 5 heteroatoms. The molecule has 1 unspecified atom stereocenters. The molecule has 0 amide bonds. The summed E-state index contributed by atoms with van der Waals surface area (Å²) in [5, 5.41) is 0. The summed E-state index contributed by atoms with van der Waals surface area (Å²) < 4.78 is 24.8. The van der Waals surface area contributed by atoms with E-state index in [4.69, 9.17) is 15.3 Å². The van der Waals surface area contributed by atoms with Crippen molar-refractivity contribution in [3.05, 3.63) is 29.6 Å². The summed E-state index contributed by atoms with van der Waals surface area (Å²) in [6.07, 6.45) is 4.92. The number of methoxy groups -OCH3 is 1. The highest BCUT2D eigenvalue weighted by Crippen LogP contribution is 2.37. The third kappa shape index (κ3) is 3.54. The van der Waals surface area contributed by atoms with Gasteiger partial charge in [-0.15, -0.1) is 0 Å². The Kier molecular flexibility index (Phi) is 5.56. The van der Waals surface area contributed by atoms with E-state index < -0.39 is 0 Å². The number of hydrazine groups is 1. The fraction of sp³-hybridized carbons (Fsp3) is 0.625. The first-order valence-electron chi connectivity index (χ1n) is 7.57. The van der Waals surface area contributed by atoms with Crippen LogP contribution in [0.2, 0.25) is 0 Å². The zero-order valence-electron chi connectivity index (χ0n) is 12.8. The first-order chi connectivity index (χ1) is 10.1. The molecule has 0 saturated heterocycles. The number of rotatable bonds is 7. The summed E-state index contributed by atoms with van der Waals surface area (Å²) in [6, 6.07) is 5.02. The van der Waals surface area contributed by atoms with E-state index >= 15 is 0 Å². The van der Waals surface area contributed by atoms with E-state index in [2.05, 4.69) is 5.43 Å². The van der Waals surface area contributed by atoms with Gasteiger partial charge in [-0.25, -0.2) is 4.39 Å². The summed E-state index contributed by atoms with van der Waals surface area (Å²) in [6.45, 7) is 2.66. The molecule has 1 saturated carbocycles. The van der Waals surface area contributed by atoms with Gasteiger partial charge in [0, 0.05) is 6.61 Å². The minimum absolute atomic E-state index is 0.0206. The van der Waals surface area contributed by atoms with Crippen molar-refractivity contribution in [3.8, 4) is 5.75 Å². The van der Waals surface area contributed by atoms with Gasteiger partial charge in [0.15, 0.2) is 11.6 Å². The van der Waals surface area contributed by atoms with E-state index in [1.54, 1.807) is 6.07 Å². The number of hydrogen-bond acceptors (Lipinski definition) is 4. The molecule has 4 nitrogen and oxygen atoms in total. The predicted octanol–water partition coefficient (Wildman–Crippen LogP) is 2.56. The second-order valence-electron chi connectivity index (χ2n) is 5.60. The van der Waals surface area contributed by atoms with Crippen molar-refractivity contribution < 1.29 is 13.9 Å². The van der Waals surface area contributed by atoms with Crippen molar-refractivity contribution in [1.82, 2.24) is 5.43 Å². The maximum Gasteiger partial charge on any atom is 0.165 e. The molecule has 1 aromatic carbocycles. The Labute approximate surface area is 125 Å². The van der Waals surface area contributed by atoms with Gasteiger partial charge in [-0.05, 0) is 43.9 Å². The fourth-order valence-electron chi connectivity index (χ4n) is 3.32. The summed E-state index contributed by atoms with van der Waals surface area (Å²) in [4.78, 5) is 0. The summed E-state index contributed by atoms with van der Waals surface area (Å²) in [5.41, 5.74) is 3.54. The van der Waals surface area contributed by atoms with Crippen LogP contribution in [0.1, 0.15) is 38.2 Å². The van der Waals surface area contributed by atoms with Crippen molar-refractivity contribution in [1.29, 1.82) is 0 Å². The molecule has 0 aromatic heterocycles.